The van der Waals surface area contributed by atoms with Gasteiger partial charge in [0.15, 0.2) is 0 Å². The summed E-state index contributed by atoms with van der Waals surface area (Å²) in [5.41, 5.74) is 1.29. The molecule has 0 radical (unpaired) electrons. The fourth-order valence-corrected chi connectivity index (χ4v) is 3.33. The van der Waals surface area contributed by atoms with Crippen molar-refractivity contribution in [1.29, 1.82) is 0 Å². The number of piperidine rings is 1. The molecule has 18 heavy (non-hydrogen) atoms. The number of amides is 1. The maximum Gasteiger partial charge on any atom is 0.222 e. The van der Waals surface area contributed by atoms with Gasteiger partial charge in [0.05, 0.1) is 6.54 Å². The quantitative estimate of drug-likeness (QED) is 0.907. The van der Waals surface area contributed by atoms with Crippen molar-refractivity contribution in [2.24, 2.45) is 5.92 Å². The van der Waals surface area contributed by atoms with E-state index in [1.165, 1.54) is 23.3 Å². The lowest BCUT2D eigenvalue weighted by molar-refractivity contribution is -0.131. The van der Waals surface area contributed by atoms with E-state index in [1.54, 1.807) is 11.3 Å². The number of aryl methyl sites for hydroxylation is 1. The van der Waals surface area contributed by atoms with Crippen LogP contribution < -0.4 is 5.32 Å². The van der Waals surface area contributed by atoms with E-state index in [0.29, 0.717) is 12.3 Å². The predicted molar refractivity (Wildman–Crippen MR) is 75.7 cm³/mol. The van der Waals surface area contributed by atoms with E-state index in [-0.39, 0.29) is 5.91 Å². The lowest BCUT2D eigenvalue weighted by Gasteiger charge is -2.25. The van der Waals surface area contributed by atoms with Gasteiger partial charge in [-0.05, 0) is 55.8 Å². The molecular formula is C14H22N2OS. The Morgan fingerprint density at radius 2 is 2.44 bits per heavy atom. The number of carbonyl (C=O) groups is 1. The number of rotatable bonds is 4. The molecule has 1 aromatic rings. The molecule has 1 unspecified atom stereocenters. The third-order valence-corrected chi connectivity index (χ3v) is 4.64. The summed E-state index contributed by atoms with van der Waals surface area (Å²) in [4.78, 5) is 15.3. The van der Waals surface area contributed by atoms with Crippen LogP contribution in [-0.4, -0.2) is 30.9 Å². The summed E-state index contributed by atoms with van der Waals surface area (Å²) in [6, 6.07) is 2.11. The van der Waals surface area contributed by atoms with Gasteiger partial charge < -0.3 is 10.2 Å². The first-order valence-electron chi connectivity index (χ1n) is 6.64. The van der Waals surface area contributed by atoms with Gasteiger partial charge in [0.2, 0.25) is 5.91 Å². The molecule has 0 aromatic carbocycles. The first-order chi connectivity index (χ1) is 8.66. The molecular weight excluding hydrogens is 244 g/mol. The van der Waals surface area contributed by atoms with Crippen LogP contribution in [-0.2, 0) is 11.3 Å². The van der Waals surface area contributed by atoms with Crippen molar-refractivity contribution >= 4 is 17.2 Å². The molecule has 100 valence electrons. The highest BCUT2D eigenvalue weighted by Crippen LogP contribution is 2.19. The summed E-state index contributed by atoms with van der Waals surface area (Å²) >= 11 is 1.74. The molecule has 1 amide bonds. The highest BCUT2D eigenvalue weighted by Gasteiger charge is 2.19. The first kappa shape index (κ1) is 13.6. The van der Waals surface area contributed by atoms with Gasteiger partial charge in [0, 0.05) is 18.3 Å². The molecule has 4 heteroatoms. The standard InChI is InChI=1S/C14H22N2OS/c1-11-5-7-18-13(11)10-16(2)14(17)8-12-4-3-6-15-9-12/h5,7,12,15H,3-4,6,8-10H2,1-2H3. The molecule has 0 saturated carbocycles. The average molecular weight is 266 g/mol. The highest BCUT2D eigenvalue weighted by molar-refractivity contribution is 7.10. The average Bonchev–Trinajstić information content (AvgIpc) is 2.76. The van der Waals surface area contributed by atoms with Crippen LogP contribution >= 0.6 is 11.3 Å². The van der Waals surface area contributed by atoms with Crippen LogP contribution in [0.4, 0.5) is 0 Å². The fraction of sp³-hybridized carbons (Fsp3) is 0.643. The Morgan fingerprint density at radius 1 is 1.61 bits per heavy atom. The SMILES string of the molecule is Cc1ccsc1CN(C)C(=O)CC1CCCNC1. The smallest absolute Gasteiger partial charge is 0.222 e. The van der Waals surface area contributed by atoms with E-state index in [9.17, 15) is 4.79 Å². The van der Waals surface area contributed by atoms with Crippen LogP contribution in [0.3, 0.4) is 0 Å². The van der Waals surface area contributed by atoms with Crippen LogP contribution in [0.25, 0.3) is 0 Å². The van der Waals surface area contributed by atoms with Crippen molar-refractivity contribution in [3.63, 3.8) is 0 Å². The minimum absolute atomic E-state index is 0.275. The van der Waals surface area contributed by atoms with Crippen LogP contribution in [0.1, 0.15) is 29.7 Å². The van der Waals surface area contributed by atoms with Crippen molar-refractivity contribution in [3.05, 3.63) is 21.9 Å². The Balaban J connectivity index is 1.83. The number of nitrogens with zero attached hydrogens (tertiary/aromatic N) is 1. The Labute approximate surface area is 113 Å². The second kappa shape index (κ2) is 6.34. The van der Waals surface area contributed by atoms with Gasteiger partial charge in [-0.25, -0.2) is 0 Å². The van der Waals surface area contributed by atoms with Crippen molar-refractivity contribution in [1.82, 2.24) is 10.2 Å². The number of hydrogen-bond acceptors (Lipinski definition) is 3. The molecule has 1 saturated heterocycles. The molecule has 1 atom stereocenters. The summed E-state index contributed by atoms with van der Waals surface area (Å²) in [5.74, 6) is 0.801. The van der Waals surface area contributed by atoms with E-state index in [0.717, 1.165) is 19.6 Å². The van der Waals surface area contributed by atoms with Gasteiger partial charge in [-0.15, -0.1) is 11.3 Å². The molecule has 2 rings (SSSR count). The van der Waals surface area contributed by atoms with Crippen molar-refractivity contribution in [2.75, 3.05) is 20.1 Å². The van der Waals surface area contributed by atoms with E-state index in [2.05, 4.69) is 23.7 Å². The molecule has 1 aromatic heterocycles. The molecule has 3 nitrogen and oxygen atoms in total. The summed E-state index contributed by atoms with van der Waals surface area (Å²) in [5, 5.41) is 5.46. The van der Waals surface area contributed by atoms with Crippen LogP contribution in [0.15, 0.2) is 11.4 Å². The van der Waals surface area contributed by atoms with E-state index in [1.807, 2.05) is 11.9 Å². The molecule has 0 bridgehead atoms. The molecule has 1 aliphatic rings. The molecule has 1 fully saturated rings. The highest BCUT2D eigenvalue weighted by atomic mass is 32.1. The molecule has 1 aliphatic heterocycles. The Morgan fingerprint density at radius 3 is 3.06 bits per heavy atom. The van der Waals surface area contributed by atoms with E-state index in [4.69, 9.17) is 0 Å². The summed E-state index contributed by atoms with van der Waals surface area (Å²) < 4.78 is 0. The first-order valence-corrected chi connectivity index (χ1v) is 7.52. The largest absolute Gasteiger partial charge is 0.341 e. The van der Waals surface area contributed by atoms with Crippen molar-refractivity contribution < 1.29 is 4.79 Å². The Hall–Kier alpha value is -0.870. The third-order valence-electron chi connectivity index (χ3n) is 3.64. The number of hydrogen-bond donors (Lipinski definition) is 1. The normalized spacial score (nSPS) is 19.8. The maximum absolute atomic E-state index is 12.2. The summed E-state index contributed by atoms with van der Waals surface area (Å²) in [7, 11) is 1.91. The van der Waals surface area contributed by atoms with E-state index >= 15 is 0 Å². The molecule has 1 N–H and O–H groups in total. The Kier molecular flexibility index (Phi) is 4.78. The second-order valence-corrected chi connectivity index (χ2v) is 6.19. The monoisotopic (exact) mass is 266 g/mol. The van der Waals surface area contributed by atoms with Gasteiger partial charge in [-0.1, -0.05) is 0 Å². The van der Waals surface area contributed by atoms with Crippen LogP contribution in [0, 0.1) is 12.8 Å². The van der Waals surface area contributed by atoms with Gasteiger partial charge in [-0.3, -0.25) is 4.79 Å². The van der Waals surface area contributed by atoms with Crippen LogP contribution in [0.2, 0.25) is 0 Å². The van der Waals surface area contributed by atoms with Crippen LogP contribution in [0.5, 0.6) is 0 Å². The lowest BCUT2D eigenvalue weighted by atomic mass is 9.95. The minimum Gasteiger partial charge on any atom is -0.341 e. The van der Waals surface area contributed by atoms with Crippen molar-refractivity contribution in [2.45, 2.75) is 32.7 Å². The Bertz CT molecular complexity index is 396. The topological polar surface area (TPSA) is 32.3 Å². The zero-order chi connectivity index (χ0) is 13.0. The van der Waals surface area contributed by atoms with Crippen molar-refractivity contribution in [3.8, 4) is 0 Å². The number of thiophene rings is 1. The number of carbonyl (C=O) groups excluding carboxylic acids is 1. The lowest BCUT2D eigenvalue weighted by Crippen LogP contribution is -2.34. The zero-order valence-electron chi connectivity index (χ0n) is 11.2. The van der Waals surface area contributed by atoms with Gasteiger partial charge in [0.1, 0.15) is 0 Å². The second-order valence-electron chi connectivity index (χ2n) is 5.19. The van der Waals surface area contributed by atoms with Gasteiger partial charge in [-0.2, -0.15) is 0 Å². The minimum atomic E-state index is 0.275. The predicted octanol–water partition coefficient (Wildman–Crippen LogP) is 2.40. The fourth-order valence-electron chi connectivity index (χ4n) is 2.37. The third kappa shape index (κ3) is 3.56. The van der Waals surface area contributed by atoms with Gasteiger partial charge >= 0.3 is 0 Å². The number of nitrogens with one attached hydrogen (secondary N) is 1. The van der Waals surface area contributed by atoms with E-state index < -0.39 is 0 Å². The zero-order valence-corrected chi connectivity index (χ0v) is 12.1. The maximum atomic E-state index is 12.2. The summed E-state index contributed by atoms with van der Waals surface area (Å²) in [6.45, 7) is 4.96. The molecule has 0 aliphatic carbocycles. The molecule has 0 spiro atoms. The summed E-state index contributed by atoms with van der Waals surface area (Å²) in [6.07, 6.45) is 3.07. The molecule has 2 heterocycles. The van der Waals surface area contributed by atoms with Gasteiger partial charge in [0.25, 0.3) is 0 Å².